The summed E-state index contributed by atoms with van der Waals surface area (Å²) in [6.45, 7) is 4.44. The summed E-state index contributed by atoms with van der Waals surface area (Å²) in [5.74, 6) is -0.993. The molecule has 0 aromatic carbocycles. The molecule has 2 heterocycles. The predicted octanol–water partition coefficient (Wildman–Crippen LogP) is 1.47. The number of aromatic carboxylic acids is 1. The molecule has 2 N–H and O–H groups in total. The Balaban J connectivity index is 2.72. The van der Waals surface area contributed by atoms with Gasteiger partial charge in [0.2, 0.25) is 0 Å². The van der Waals surface area contributed by atoms with Crippen LogP contribution in [0.25, 0.3) is 5.82 Å². The molecule has 0 amide bonds. The number of pyridine rings is 2. The molecule has 0 unspecified atom stereocenters. The van der Waals surface area contributed by atoms with Crippen LogP contribution in [0.5, 0.6) is 0 Å². The SMILES string of the molecule is [2H]c1ccn(-c2cc(C(=O)O)c(C)cn2)c(=O)c1C(C)(C)O. The highest BCUT2D eigenvalue weighted by Crippen LogP contribution is 2.16. The van der Waals surface area contributed by atoms with Crippen molar-refractivity contribution in [2.24, 2.45) is 0 Å². The van der Waals surface area contributed by atoms with Gasteiger partial charge in [-0.25, -0.2) is 9.78 Å². The minimum Gasteiger partial charge on any atom is -0.478 e. The van der Waals surface area contributed by atoms with Crippen molar-refractivity contribution < 1.29 is 16.4 Å². The second-order valence-corrected chi connectivity index (χ2v) is 5.23. The van der Waals surface area contributed by atoms with E-state index < -0.39 is 17.1 Å². The fraction of sp³-hybridized carbons (Fsp3) is 0.267. The van der Waals surface area contributed by atoms with E-state index in [1.165, 1.54) is 38.4 Å². The van der Waals surface area contributed by atoms with Gasteiger partial charge in [0.15, 0.2) is 0 Å². The van der Waals surface area contributed by atoms with E-state index in [0.29, 0.717) is 5.56 Å². The molecular formula is C15H16N2O4. The van der Waals surface area contributed by atoms with Gasteiger partial charge in [0.25, 0.3) is 5.56 Å². The van der Waals surface area contributed by atoms with Gasteiger partial charge in [-0.2, -0.15) is 0 Å². The van der Waals surface area contributed by atoms with E-state index in [1.807, 2.05) is 0 Å². The van der Waals surface area contributed by atoms with Crippen molar-refractivity contribution in [3.8, 4) is 5.82 Å². The molecule has 0 fully saturated rings. The zero-order valence-electron chi connectivity index (χ0n) is 12.9. The number of aromatic nitrogens is 2. The zero-order chi connectivity index (χ0) is 16.7. The fourth-order valence-electron chi connectivity index (χ4n) is 1.94. The summed E-state index contributed by atoms with van der Waals surface area (Å²) in [5.41, 5.74) is -1.65. The van der Waals surface area contributed by atoms with Crippen LogP contribution in [0.4, 0.5) is 0 Å². The normalized spacial score (nSPS) is 12.1. The summed E-state index contributed by atoms with van der Waals surface area (Å²) in [6, 6.07) is 2.56. The van der Waals surface area contributed by atoms with Crippen LogP contribution in [0.2, 0.25) is 0 Å². The Morgan fingerprint density at radius 2 is 2.14 bits per heavy atom. The smallest absolute Gasteiger partial charge is 0.336 e. The molecule has 6 heteroatoms. The molecule has 0 aliphatic heterocycles. The van der Waals surface area contributed by atoms with E-state index in [1.54, 1.807) is 6.92 Å². The van der Waals surface area contributed by atoms with Gasteiger partial charge in [-0.05, 0) is 44.5 Å². The van der Waals surface area contributed by atoms with Crippen LogP contribution in [-0.4, -0.2) is 25.7 Å². The lowest BCUT2D eigenvalue weighted by molar-refractivity contribution is 0.0694. The molecule has 2 rings (SSSR count). The summed E-state index contributed by atoms with van der Waals surface area (Å²) >= 11 is 0. The van der Waals surface area contributed by atoms with Crippen molar-refractivity contribution in [2.75, 3.05) is 0 Å². The molecule has 21 heavy (non-hydrogen) atoms. The summed E-state index contributed by atoms with van der Waals surface area (Å²) in [7, 11) is 0. The van der Waals surface area contributed by atoms with Crippen LogP contribution >= 0.6 is 0 Å². The first-order chi connectivity index (χ1) is 10.1. The highest BCUT2D eigenvalue weighted by Gasteiger charge is 2.21. The highest BCUT2D eigenvalue weighted by atomic mass is 16.4. The molecular weight excluding hydrogens is 272 g/mol. The molecule has 0 spiro atoms. The topological polar surface area (TPSA) is 92.4 Å². The van der Waals surface area contributed by atoms with E-state index in [4.69, 9.17) is 6.48 Å². The Kier molecular flexibility index (Phi) is 3.31. The second kappa shape index (κ2) is 5.14. The van der Waals surface area contributed by atoms with E-state index in [-0.39, 0.29) is 23.0 Å². The largest absolute Gasteiger partial charge is 0.478 e. The van der Waals surface area contributed by atoms with Crippen LogP contribution in [0.1, 0.15) is 36.7 Å². The number of hydrogen-bond acceptors (Lipinski definition) is 4. The molecule has 0 radical (unpaired) electrons. The van der Waals surface area contributed by atoms with Crippen LogP contribution in [0, 0.1) is 6.92 Å². The summed E-state index contributed by atoms with van der Waals surface area (Å²) in [5, 5.41) is 19.2. The third-order valence-corrected chi connectivity index (χ3v) is 3.06. The van der Waals surface area contributed by atoms with Gasteiger partial charge in [-0.3, -0.25) is 9.36 Å². The Morgan fingerprint density at radius 1 is 1.48 bits per heavy atom. The van der Waals surface area contributed by atoms with Crippen molar-refractivity contribution in [2.45, 2.75) is 26.4 Å². The van der Waals surface area contributed by atoms with E-state index >= 15 is 0 Å². The van der Waals surface area contributed by atoms with Gasteiger partial charge in [0, 0.05) is 18.0 Å². The summed E-state index contributed by atoms with van der Waals surface area (Å²) in [6.07, 6.45) is 2.70. The highest BCUT2D eigenvalue weighted by molar-refractivity contribution is 5.89. The van der Waals surface area contributed by atoms with E-state index in [9.17, 15) is 14.7 Å². The number of hydrogen-bond donors (Lipinski definition) is 2. The molecule has 2 aromatic heterocycles. The molecule has 0 saturated heterocycles. The molecule has 0 aliphatic rings. The maximum absolute atomic E-state index is 12.5. The molecule has 0 atom stereocenters. The number of nitrogens with zero attached hydrogens (tertiary/aromatic N) is 2. The number of carboxylic acid groups (broad SMARTS) is 1. The third-order valence-electron chi connectivity index (χ3n) is 3.06. The predicted molar refractivity (Wildman–Crippen MR) is 76.8 cm³/mol. The molecule has 2 aromatic rings. The summed E-state index contributed by atoms with van der Waals surface area (Å²) < 4.78 is 8.91. The van der Waals surface area contributed by atoms with E-state index in [0.717, 1.165) is 4.57 Å². The Morgan fingerprint density at radius 3 is 2.71 bits per heavy atom. The Hall–Kier alpha value is -2.47. The Bertz CT molecular complexity index is 806. The number of aliphatic hydroxyl groups is 1. The van der Waals surface area contributed by atoms with Gasteiger partial charge in [0.05, 0.1) is 12.5 Å². The molecule has 0 aliphatic carbocycles. The van der Waals surface area contributed by atoms with Crippen molar-refractivity contribution in [1.82, 2.24) is 9.55 Å². The standard InChI is InChI=1S/C15H16N2O4/c1-9-8-16-12(7-10(9)14(19)20)17-6-4-5-11(13(17)18)15(2,3)21/h4-8,21H,1-3H3,(H,19,20)/i5D. The number of aryl methyl sites for hydroxylation is 1. The lowest BCUT2D eigenvalue weighted by atomic mass is 10.0. The minimum atomic E-state index is -1.49. The van der Waals surface area contributed by atoms with Crippen molar-refractivity contribution in [3.63, 3.8) is 0 Å². The van der Waals surface area contributed by atoms with Gasteiger partial charge >= 0.3 is 5.97 Å². The lowest BCUT2D eigenvalue weighted by Gasteiger charge is -2.18. The van der Waals surface area contributed by atoms with Crippen molar-refractivity contribution in [1.29, 1.82) is 0 Å². The van der Waals surface area contributed by atoms with Crippen LogP contribution in [0.15, 0.2) is 35.4 Å². The average Bonchev–Trinajstić information content (AvgIpc) is 2.38. The van der Waals surface area contributed by atoms with Crippen LogP contribution in [-0.2, 0) is 5.60 Å². The fourth-order valence-corrected chi connectivity index (χ4v) is 1.94. The van der Waals surface area contributed by atoms with Crippen LogP contribution in [0.3, 0.4) is 0 Å². The maximum atomic E-state index is 12.5. The molecule has 0 saturated carbocycles. The van der Waals surface area contributed by atoms with Gasteiger partial charge in [-0.15, -0.1) is 0 Å². The van der Waals surface area contributed by atoms with Crippen molar-refractivity contribution in [3.05, 3.63) is 57.6 Å². The average molecular weight is 289 g/mol. The summed E-state index contributed by atoms with van der Waals surface area (Å²) in [4.78, 5) is 27.7. The number of carbonyl (C=O) groups is 1. The first-order valence-corrected chi connectivity index (χ1v) is 6.28. The van der Waals surface area contributed by atoms with Gasteiger partial charge < -0.3 is 10.2 Å². The monoisotopic (exact) mass is 289 g/mol. The zero-order valence-corrected chi connectivity index (χ0v) is 11.9. The van der Waals surface area contributed by atoms with Crippen molar-refractivity contribution >= 4 is 5.97 Å². The van der Waals surface area contributed by atoms with Crippen LogP contribution < -0.4 is 5.56 Å². The maximum Gasteiger partial charge on any atom is 0.336 e. The first kappa shape index (κ1) is 13.5. The number of carboxylic acids is 1. The van der Waals surface area contributed by atoms with E-state index in [2.05, 4.69) is 4.98 Å². The number of rotatable bonds is 3. The first-order valence-electron chi connectivity index (χ1n) is 6.78. The second-order valence-electron chi connectivity index (χ2n) is 5.23. The quantitative estimate of drug-likeness (QED) is 0.892. The molecule has 110 valence electrons. The molecule has 0 bridgehead atoms. The molecule has 6 nitrogen and oxygen atoms in total. The lowest BCUT2D eigenvalue weighted by Crippen LogP contribution is -2.31. The minimum absolute atomic E-state index is 0.0386. The third kappa shape index (κ3) is 2.85. The Labute approximate surface area is 122 Å². The van der Waals surface area contributed by atoms with Gasteiger partial charge in [0.1, 0.15) is 5.82 Å². The van der Waals surface area contributed by atoms with Gasteiger partial charge in [-0.1, -0.05) is 0 Å².